The molecule has 1 aromatic heterocycles. The smallest absolute Gasteiger partial charge is 0.271 e. The monoisotopic (exact) mass is 412 g/mol. The molecule has 0 bridgehead atoms. The zero-order valence-electron chi connectivity index (χ0n) is 17.4. The lowest BCUT2D eigenvalue weighted by Gasteiger charge is -2.29. The zero-order chi connectivity index (χ0) is 21.2. The number of carbonyl (C=O) groups is 1. The van der Waals surface area contributed by atoms with Crippen molar-refractivity contribution in [2.45, 2.75) is 12.6 Å². The van der Waals surface area contributed by atoms with Gasteiger partial charge in [0, 0.05) is 29.6 Å². The van der Waals surface area contributed by atoms with Crippen LogP contribution in [-0.2, 0) is 11.3 Å². The summed E-state index contributed by atoms with van der Waals surface area (Å²) in [5.41, 5.74) is 4.46. The molecule has 0 saturated heterocycles. The van der Waals surface area contributed by atoms with Crippen LogP contribution in [0, 0.1) is 0 Å². The Morgan fingerprint density at radius 1 is 1.03 bits per heavy atom. The SMILES string of the molecule is COc1cccc([C@H]2OCCN(Cc3ccccc3)C(=O)c3[nH]c4ccccc4c32)c1. The predicted molar refractivity (Wildman–Crippen MR) is 120 cm³/mol. The number of aromatic nitrogens is 1. The molecule has 1 atom stereocenters. The minimum Gasteiger partial charge on any atom is -0.497 e. The molecule has 4 aromatic rings. The molecule has 1 amide bonds. The Morgan fingerprint density at radius 2 is 1.84 bits per heavy atom. The van der Waals surface area contributed by atoms with Crippen molar-refractivity contribution in [3.05, 3.63) is 101 Å². The lowest BCUT2D eigenvalue weighted by molar-refractivity contribution is 0.0401. The number of H-pyrrole nitrogens is 1. The van der Waals surface area contributed by atoms with Crippen LogP contribution in [0.1, 0.15) is 33.3 Å². The number of rotatable bonds is 4. The average Bonchev–Trinajstić information content (AvgIpc) is 3.19. The maximum atomic E-state index is 13.7. The Balaban J connectivity index is 1.62. The molecule has 5 nitrogen and oxygen atoms in total. The maximum absolute atomic E-state index is 13.7. The lowest BCUT2D eigenvalue weighted by Crippen LogP contribution is -2.36. The van der Waals surface area contributed by atoms with E-state index >= 15 is 0 Å². The molecule has 2 heterocycles. The summed E-state index contributed by atoms with van der Waals surface area (Å²) in [4.78, 5) is 18.9. The van der Waals surface area contributed by atoms with Crippen LogP contribution in [-0.4, -0.2) is 36.1 Å². The highest BCUT2D eigenvalue weighted by molar-refractivity contribution is 6.01. The van der Waals surface area contributed by atoms with Crippen molar-refractivity contribution in [2.24, 2.45) is 0 Å². The van der Waals surface area contributed by atoms with Gasteiger partial charge in [-0.15, -0.1) is 0 Å². The van der Waals surface area contributed by atoms with Crippen molar-refractivity contribution in [1.82, 2.24) is 9.88 Å². The van der Waals surface area contributed by atoms with Gasteiger partial charge in [-0.05, 0) is 29.3 Å². The van der Waals surface area contributed by atoms with Gasteiger partial charge < -0.3 is 19.4 Å². The maximum Gasteiger partial charge on any atom is 0.271 e. The van der Waals surface area contributed by atoms with Crippen LogP contribution < -0.4 is 4.74 Å². The number of benzene rings is 3. The minimum absolute atomic E-state index is 0.00810. The Bertz CT molecular complexity index is 1220. The summed E-state index contributed by atoms with van der Waals surface area (Å²) in [6.07, 6.45) is -0.357. The molecule has 0 spiro atoms. The van der Waals surface area contributed by atoms with Gasteiger partial charge in [0.1, 0.15) is 17.5 Å². The molecular formula is C26H24N2O3. The molecule has 0 unspecified atom stereocenters. The third kappa shape index (κ3) is 3.68. The molecule has 0 fully saturated rings. The highest BCUT2D eigenvalue weighted by atomic mass is 16.5. The molecule has 1 aliphatic heterocycles. The van der Waals surface area contributed by atoms with Crippen LogP contribution in [0.4, 0.5) is 0 Å². The molecule has 1 N–H and O–H groups in total. The van der Waals surface area contributed by atoms with Gasteiger partial charge in [0.15, 0.2) is 0 Å². The van der Waals surface area contributed by atoms with Crippen LogP contribution in [0.5, 0.6) is 5.75 Å². The van der Waals surface area contributed by atoms with E-state index in [1.165, 1.54) is 0 Å². The standard InChI is InChI=1S/C26H24N2O3/c1-30-20-11-7-10-19(16-20)25-23-21-12-5-6-13-22(21)27-24(23)26(29)28(14-15-31-25)17-18-8-3-2-4-9-18/h2-13,16,25,27H,14-15,17H2,1H3/t25-/m1/s1. The fraction of sp³-hybridized carbons (Fsp3) is 0.192. The number of nitrogens with one attached hydrogen (secondary N) is 1. The van der Waals surface area contributed by atoms with E-state index in [4.69, 9.17) is 9.47 Å². The Kier molecular flexibility index (Phi) is 5.18. The molecule has 3 aromatic carbocycles. The van der Waals surface area contributed by atoms with E-state index in [2.05, 4.69) is 4.98 Å². The van der Waals surface area contributed by atoms with E-state index in [0.29, 0.717) is 25.4 Å². The third-order valence-electron chi connectivity index (χ3n) is 5.77. The van der Waals surface area contributed by atoms with E-state index in [0.717, 1.165) is 33.3 Å². The quantitative estimate of drug-likeness (QED) is 0.517. The number of hydrogen-bond donors (Lipinski definition) is 1. The summed E-state index contributed by atoms with van der Waals surface area (Å²) in [6.45, 7) is 1.50. The zero-order valence-corrected chi connectivity index (χ0v) is 17.4. The molecule has 31 heavy (non-hydrogen) atoms. The number of nitrogens with zero attached hydrogens (tertiary/aromatic N) is 1. The van der Waals surface area contributed by atoms with Gasteiger partial charge in [0.2, 0.25) is 0 Å². The summed E-state index contributed by atoms with van der Waals surface area (Å²) in [5, 5.41) is 1.00. The Labute approximate surface area is 181 Å². The van der Waals surface area contributed by atoms with Gasteiger partial charge in [0.25, 0.3) is 5.91 Å². The molecule has 0 radical (unpaired) electrons. The Hall–Kier alpha value is -3.57. The van der Waals surface area contributed by atoms with Crippen LogP contribution in [0.3, 0.4) is 0 Å². The highest BCUT2D eigenvalue weighted by Crippen LogP contribution is 2.37. The van der Waals surface area contributed by atoms with E-state index in [9.17, 15) is 4.79 Å². The van der Waals surface area contributed by atoms with Gasteiger partial charge in [-0.1, -0.05) is 60.7 Å². The summed E-state index contributed by atoms with van der Waals surface area (Å²) in [6, 6.07) is 25.9. The topological polar surface area (TPSA) is 54.6 Å². The highest BCUT2D eigenvalue weighted by Gasteiger charge is 2.31. The lowest BCUT2D eigenvalue weighted by atomic mass is 9.97. The Morgan fingerprint density at radius 3 is 2.68 bits per heavy atom. The van der Waals surface area contributed by atoms with Gasteiger partial charge in [0.05, 0.1) is 13.7 Å². The second-order valence-electron chi connectivity index (χ2n) is 7.70. The van der Waals surface area contributed by atoms with Gasteiger partial charge in [-0.3, -0.25) is 4.79 Å². The normalized spacial score (nSPS) is 16.6. The first kappa shape index (κ1) is 19.4. The van der Waals surface area contributed by atoms with Gasteiger partial charge in [-0.25, -0.2) is 0 Å². The van der Waals surface area contributed by atoms with Crippen LogP contribution in [0.2, 0.25) is 0 Å². The number of para-hydroxylation sites is 1. The van der Waals surface area contributed by atoms with Crippen molar-refractivity contribution in [1.29, 1.82) is 0 Å². The molecular weight excluding hydrogens is 388 g/mol. The minimum atomic E-state index is -0.357. The van der Waals surface area contributed by atoms with E-state index in [-0.39, 0.29) is 12.0 Å². The van der Waals surface area contributed by atoms with E-state index in [1.807, 2.05) is 83.8 Å². The summed E-state index contributed by atoms with van der Waals surface area (Å²) in [7, 11) is 1.65. The second kappa shape index (κ2) is 8.28. The summed E-state index contributed by atoms with van der Waals surface area (Å²) in [5.74, 6) is 0.757. The fourth-order valence-corrected chi connectivity index (χ4v) is 4.25. The number of hydrogen-bond acceptors (Lipinski definition) is 3. The first-order valence-corrected chi connectivity index (χ1v) is 10.4. The number of amides is 1. The molecule has 5 heteroatoms. The van der Waals surface area contributed by atoms with Crippen LogP contribution in [0.25, 0.3) is 10.9 Å². The van der Waals surface area contributed by atoms with E-state index in [1.54, 1.807) is 7.11 Å². The number of carbonyl (C=O) groups excluding carboxylic acids is 1. The fourth-order valence-electron chi connectivity index (χ4n) is 4.25. The number of ether oxygens (including phenoxy) is 2. The molecule has 0 saturated carbocycles. The van der Waals surface area contributed by atoms with Crippen molar-refractivity contribution >= 4 is 16.8 Å². The average molecular weight is 412 g/mol. The predicted octanol–water partition coefficient (Wildman–Crippen LogP) is 4.94. The number of methoxy groups -OCH3 is 1. The largest absolute Gasteiger partial charge is 0.497 e. The van der Waals surface area contributed by atoms with E-state index < -0.39 is 0 Å². The first-order valence-electron chi connectivity index (χ1n) is 10.4. The van der Waals surface area contributed by atoms with Crippen LogP contribution in [0.15, 0.2) is 78.9 Å². The van der Waals surface area contributed by atoms with Gasteiger partial charge >= 0.3 is 0 Å². The van der Waals surface area contributed by atoms with Crippen molar-refractivity contribution in [3.63, 3.8) is 0 Å². The van der Waals surface area contributed by atoms with Crippen LogP contribution >= 0.6 is 0 Å². The number of fused-ring (bicyclic) bond motifs is 3. The summed E-state index contributed by atoms with van der Waals surface area (Å²) >= 11 is 0. The third-order valence-corrected chi connectivity index (χ3v) is 5.77. The van der Waals surface area contributed by atoms with Crippen molar-refractivity contribution in [3.8, 4) is 5.75 Å². The van der Waals surface area contributed by atoms with Crippen molar-refractivity contribution < 1.29 is 14.3 Å². The summed E-state index contributed by atoms with van der Waals surface area (Å²) < 4.78 is 11.8. The van der Waals surface area contributed by atoms with Crippen molar-refractivity contribution in [2.75, 3.05) is 20.3 Å². The molecule has 5 rings (SSSR count). The van der Waals surface area contributed by atoms with Gasteiger partial charge in [-0.2, -0.15) is 0 Å². The molecule has 156 valence electrons. The molecule has 0 aliphatic carbocycles. The second-order valence-corrected chi connectivity index (χ2v) is 7.70. The first-order chi connectivity index (χ1) is 15.2. The number of aromatic amines is 1. The molecule has 1 aliphatic rings.